The highest BCUT2D eigenvalue weighted by Gasteiger charge is 2.38. The molecule has 1 atom stereocenters. The minimum Gasteiger partial charge on any atom is -0.497 e. The zero-order valence-electron chi connectivity index (χ0n) is 21.4. The first-order valence-corrected chi connectivity index (χ1v) is 14.2. The molecule has 2 saturated heterocycles. The van der Waals surface area contributed by atoms with E-state index in [2.05, 4.69) is 5.32 Å². The van der Waals surface area contributed by atoms with Crippen LogP contribution in [0.1, 0.15) is 42.5 Å². The van der Waals surface area contributed by atoms with Crippen LogP contribution in [-0.2, 0) is 14.8 Å². The van der Waals surface area contributed by atoms with Crippen molar-refractivity contribution in [3.8, 4) is 11.5 Å². The molecule has 0 bridgehead atoms. The molecule has 1 unspecified atom stereocenters. The first-order valence-electron chi connectivity index (χ1n) is 12.7. The predicted molar refractivity (Wildman–Crippen MR) is 139 cm³/mol. The summed E-state index contributed by atoms with van der Waals surface area (Å²) in [5.74, 6) is 0.536. The van der Waals surface area contributed by atoms with E-state index < -0.39 is 16.1 Å². The van der Waals surface area contributed by atoms with Gasteiger partial charge in [-0.1, -0.05) is 6.07 Å². The lowest BCUT2D eigenvalue weighted by Gasteiger charge is -2.38. The smallest absolute Gasteiger partial charge is 0.252 e. The number of methoxy groups -OCH3 is 2. The summed E-state index contributed by atoms with van der Waals surface area (Å²) in [6.07, 6.45) is 3.92. The lowest BCUT2D eigenvalue weighted by Crippen LogP contribution is -2.55. The third-order valence-electron chi connectivity index (χ3n) is 7.22. The van der Waals surface area contributed by atoms with Crippen LogP contribution < -0.4 is 14.8 Å². The van der Waals surface area contributed by atoms with Crippen molar-refractivity contribution >= 4 is 21.8 Å². The minimum atomic E-state index is -3.67. The molecule has 0 aromatic heterocycles. The maximum atomic E-state index is 13.6. The Morgan fingerprint density at radius 1 is 0.892 bits per heavy atom. The SMILES string of the molecule is COc1ccc(S(=O)(=O)N2CCC(C(NC(=O)c3cccc(OC)c3)C(=O)N3CCCCC3)CC2)cc1. The first kappa shape index (κ1) is 26.9. The van der Waals surface area contributed by atoms with E-state index in [1.54, 1.807) is 36.4 Å². The largest absolute Gasteiger partial charge is 0.497 e. The number of hydrogen-bond acceptors (Lipinski definition) is 6. The molecule has 1 N–H and O–H groups in total. The van der Waals surface area contributed by atoms with Crippen molar-refractivity contribution in [3.63, 3.8) is 0 Å². The molecule has 2 aliphatic heterocycles. The number of benzene rings is 2. The Bertz CT molecular complexity index is 1190. The summed E-state index contributed by atoms with van der Waals surface area (Å²) in [6.45, 7) is 1.90. The van der Waals surface area contributed by atoms with E-state index in [1.165, 1.54) is 30.7 Å². The van der Waals surface area contributed by atoms with Gasteiger partial charge in [0.25, 0.3) is 5.91 Å². The van der Waals surface area contributed by atoms with Crippen LogP contribution in [0.25, 0.3) is 0 Å². The second-order valence-electron chi connectivity index (χ2n) is 9.49. The Hall–Kier alpha value is -3.11. The van der Waals surface area contributed by atoms with E-state index in [0.717, 1.165) is 19.3 Å². The summed E-state index contributed by atoms with van der Waals surface area (Å²) < 4.78 is 38.2. The third-order valence-corrected chi connectivity index (χ3v) is 9.13. The van der Waals surface area contributed by atoms with Crippen LogP contribution in [-0.4, -0.2) is 75.9 Å². The zero-order chi connectivity index (χ0) is 26.4. The van der Waals surface area contributed by atoms with Crippen LogP contribution in [0, 0.1) is 5.92 Å². The number of sulfonamides is 1. The van der Waals surface area contributed by atoms with Crippen LogP contribution in [0.4, 0.5) is 0 Å². The topological polar surface area (TPSA) is 105 Å². The van der Waals surface area contributed by atoms with Gasteiger partial charge >= 0.3 is 0 Å². The highest BCUT2D eigenvalue weighted by molar-refractivity contribution is 7.89. The van der Waals surface area contributed by atoms with E-state index in [1.807, 2.05) is 4.90 Å². The fourth-order valence-corrected chi connectivity index (χ4v) is 6.50. The predicted octanol–water partition coefficient (Wildman–Crippen LogP) is 2.92. The molecule has 2 aromatic rings. The van der Waals surface area contributed by atoms with Crippen LogP contribution in [0.3, 0.4) is 0 Å². The first-order chi connectivity index (χ1) is 17.8. The fourth-order valence-electron chi connectivity index (χ4n) is 5.03. The second kappa shape index (κ2) is 12.0. The molecule has 2 aliphatic rings. The molecule has 2 fully saturated rings. The quantitative estimate of drug-likeness (QED) is 0.564. The number of piperidine rings is 2. The average Bonchev–Trinajstić information content (AvgIpc) is 2.96. The van der Waals surface area contributed by atoms with Gasteiger partial charge in [0.1, 0.15) is 17.5 Å². The molecule has 9 nitrogen and oxygen atoms in total. The van der Waals surface area contributed by atoms with Crippen molar-refractivity contribution in [1.82, 2.24) is 14.5 Å². The zero-order valence-corrected chi connectivity index (χ0v) is 22.2. The molecule has 37 heavy (non-hydrogen) atoms. The number of likely N-dealkylation sites (tertiary alicyclic amines) is 1. The van der Waals surface area contributed by atoms with Gasteiger partial charge in [-0.15, -0.1) is 0 Å². The molecule has 0 saturated carbocycles. The van der Waals surface area contributed by atoms with Gasteiger partial charge in [-0.2, -0.15) is 4.31 Å². The monoisotopic (exact) mass is 529 g/mol. The molecule has 200 valence electrons. The van der Waals surface area contributed by atoms with Crippen molar-refractivity contribution in [1.29, 1.82) is 0 Å². The molecular formula is C27H35N3O6S. The highest BCUT2D eigenvalue weighted by Crippen LogP contribution is 2.28. The van der Waals surface area contributed by atoms with Gasteiger partial charge in [-0.25, -0.2) is 8.42 Å². The normalized spacial score (nSPS) is 18.2. The molecule has 2 heterocycles. The summed E-state index contributed by atoms with van der Waals surface area (Å²) >= 11 is 0. The molecule has 10 heteroatoms. The molecule has 0 spiro atoms. The molecular weight excluding hydrogens is 494 g/mol. The summed E-state index contributed by atoms with van der Waals surface area (Å²) in [5, 5.41) is 2.98. The van der Waals surface area contributed by atoms with Crippen molar-refractivity contribution < 1.29 is 27.5 Å². The maximum absolute atomic E-state index is 13.6. The van der Waals surface area contributed by atoms with Crippen LogP contribution in [0.5, 0.6) is 11.5 Å². The number of nitrogens with one attached hydrogen (secondary N) is 1. The summed E-state index contributed by atoms with van der Waals surface area (Å²) in [4.78, 5) is 28.8. The Kier molecular flexibility index (Phi) is 8.71. The molecule has 4 rings (SSSR count). The summed E-state index contributed by atoms with van der Waals surface area (Å²) in [6, 6.07) is 12.4. The number of hydrogen-bond donors (Lipinski definition) is 1. The van der Waals surface area contributed by atoms with Gasteiger partial charge in [0.05, 0.1) is 19.1 Å². The van der Waals surface area contributed by atoms with E-state index in [4.69, 9.17) is 9.47 Å². The second-order valence-corrected chi connectivity index (χ2v) is 11.4. The number of nitrogens with zero attached hydrogens (tertiary/aromatic N) is 2. The van der Waals surface area contributed by atoms with Gasteiger partial charge < -0.3 is 19.7 Å². The Morgan fingerprint density at radius 2 is 1.54 bits per heavy atom. The van der Waals surface area contributed by atoms with Crippen LogP contribution in [0.2, 0.25) is 0 Å². The molecule has 0 aliphatic carbocycles. The Morgan fingerprint density at radius 3 is 2.16 bits per heavy atom. The lowest BCUT2D eigenvalue weighted by atomic mass is 9.88. The molecule has 2 amide bonds. The lowest BCUT2D eigenvalue weighted by molar-refractivity contribution is -0.135. The van der Waals surface area contributed by atoms with Crippen molar-refractivity contribution in [2.75, 3.05) is 40.4 Å². The fraction of sp³-hybridized carbons (Fsp3) is 0.481. The summed E-state index contributed by atoms with van der Waals surface area (Å²) in [5.41, 5.74) is 0.412. The van der Waals surface area contributed by atoms with Gasteiger partial charge in [0.2, 0.25) is 15.9 Å². The number of carbonyl (C=O) groups excluding carboxylic acids is 2. The van der Waals surface area contributed by atoms with E-state index in [0.29, 0.717) is 43.0 Å². The van der Waals surface area contributed by atoms with Crippen molar-refractivity contribution in [2.24, 2.45) is 5.92 Å². The molecule has 0 radical (unpaired) electrons. The Balaban J connectivity index is 1.49. The van der Waals surface area contributed by atoms with Gasteiger partial charge in [-0.05, 0) is 80.5 Å². The van der Waals surface area contributed by atoms with Gasteiger partial charge in [0.15, 0.2) is 0 Å². The van der Waals surface area contributed by atoms with Gasteiger partial charge in [0, 0.05) is 31.7 Å². The van der Waals surface area contributed by atoms with Crippen molar-refractivity contribution in [3.05, 3.63) is 54.1 Å². The average molecular weight is 530 g/mol. The van der Waals surface area contributed by atoms with E-state index >= 15 is 0 Å². The number of rotatable bonds is 8. The maximum Gasteiger partial charge on any atom is 0.252 e. The van der Waals surface area contributed by atoms with Crippen LogP contribution >= 0.6 is 0 Å². The standard InChI is InChI=1S/C27H35N3O6S/c1-35-22-9-11-24(12-10-22)37(33,34)30-17-13-20(14-18-30)25(27(32)29-15-4-3-5-16-29)28-26(31)21-7-6-8-23(19-21)36-2/h6-12,19-20,25H,3-5,13-18H2,1-2H3,(H,28,31). The Labute approximate surface area is 218 Å². The third kappa shape index (κ3) is 6.24. The number of amides is 2. The van der Waals surface area contributed by atoms with Gasteiger partial charge in [-0.3, -0.25) is 9.59 Å². The highest BCUT2D eigenvalue weighted by atomic mass is 32.2. The van der Waals surface area contributed by atoms with Crippen LogP contribution in [0.15, 0.2) is 53.4 Å². The number of ether oxygens (including phenoxy) is 2. The minimum absolute atomic E-state index is 0.0904. The van der Waals surface area contributed by atoms with E-state index in [9.17, 15) is 18.0 Å². The number of carbonyl (C=O) groups is 2. The van der Waals surface area contributed by atoms with Crippen molar-refractivity contribution in [2.45, 2.75) is 43.0 Å². The molecule has 2 aromatic carbocycles. The van der Waals surface area contributed by atoms with E-state index in [-0.39, 0.29) is 35.7 Å². The summed E-state index contributed by atoms with van der Waals surface area (Å²) in [7, 11) is -0.604.